The fourth-order valence-corrected chi connectivity index (χ4v) is 3.00. The standard InChI is InChI=1S/C16H30N2O3/c1-3-13-8-10-14(11-9-13)18(2)16(21)17-12-6-4-5-7-15(19)20/h13-14H,3-12H2,1-2H3,(H,17,21)(H,19,20). The Morgan fingerprint density at radius 1 is 1.14 bits per heavy atom. The highest BCUT2D eigenvalue weighted by atomic mass is 16.4. The summed E-state index contributed by atoms with van der Waals surface area (Å²) in [6, 6.07) is 0.382. The van der Waals surface area contributed by atoms with Gasteiger partial charge in [-0.2, -0.15) is 0 Å². The number of hydrogen-bond donors (Lipinski definition) is 2. The average molecular weight is 298 g/mol. The summed E-state index contributed by atoms with van der Waals surface area (Å²) < 4.78 is 0. The van der Waals surface area contributed by atoms with Crippen molar-refractivity contribution in [3.8, 4) is 0 Å². The monoisotopic (exact) mass is 298 g/mol. The van der Waals surface area contributed by atoms with Crippen molar-refractivity contribution in [3.63, 3.8) is 0 Å². The fraction of sp³-hybridized carbons (Fsp3) is 0.875. The summed E-state index contributed by atoms with van der Waals surface area (Å²) in [6.45, 7) is 2.87. The van der Waals surface area contributed by atoms with Gasteiger partial charge in [0.25, 0.3) is 0 Å². The molecule has 0 aromatic heterocycles. The molecule has 21 heavy (non-hydrogen) atoms. The third-order valence-corrected chi connectivity index (χ3v) is 4.61. The minimum Gasteiger partial charge on any atom is -0.481 e. The summed E-state index contributed by atoms with van der Waals surface area (Å²) in [7, 11) is 1.89. The maximum Gasteiger partial charge on any atom is 0.317 e. The van der Waals surface area contributed by atoms with E-state index < -0.39 is 5.97 Å². The second kappa shape index (κ2) is 9.64. The van der Waals surface area contributed by atoms with Crippen molar-refractivity contribution in [1.29, 1.82) is 0 Å². The smallest absolute Gasteiger partial charge is 0.317 e. The largest absolute Gasteiger partial charge is 0.481 e. The summed E-state index contributed by atoms with van der Waals surface area (Å²) in [5, 5.41) is 11.5. The first-order valence-corrected chi connectivity index (χ1v) is 8.27. The molecule has 0 atom stereocenters. The van der Waals surface area contributed by atoms with Gasteiger partial charge in [-0.25, -0.2) is 4.79 Å². The third-order valence-electron chi connectivity index (χ3n) is 4.61. The highest BCUT2D eigenvalue weighted by Crippen LogP contribution is 2.28. The number of carboxylic acids is 1. The van der Waals surface area contributed by atoms with Crippen LogP contribution in [0.4, 0.5) is 4.79 Å². The van der Waals surface area contributed by atoms with Crippen LogP contribution in [0.15, 0.2) is 0 Å². The van der Waals surface area contributed by atoms with Crippen LogP contribution in [0.2, 0.25) is 0 Å². The number of nitrogens with one attached hydrogen (secondary N) is 1. The van der Waals surface area contributed by atoms with E-state index in [1.54, 1.807) is 0 Å². The number of urea groups is 1. The van der Waals surface area contributed by atoms with E-state index in [0.717, 1.165) is 31.6 Å². The van der Waals surface area contributed by atoms with Gasteiger partial charge in [-0.05, 0) is 44.4 Å². The van der Waals surface area contributed by atoms with E-state index >= 15 is 0 Å². The van der Waals surface area contributed by atoms with Crippen LogP contribution in [-0.2, 0) is 4.79 Å². The van der Waals surface area contributed by atoms with Crippen LogP contribution in [0.1, 0.15) is 64.7 Å². The minimum absolute atomic E-state index is 0.00758. The van der Waals surface area contributed by atoms with Crippen molar-refractivity contribution in [2.75, 3.05) is 13.6 Å². The van der Waals surface area contributed by atoms with Gasteiger partial charge in [0, 0.05) is 26.1 Å². The van der Waals surface area contributed by atoms with Crippen LogP contribution in [0.5, 0.6) is 0 Å². The third kappa shape index (κ3) is 6.82. The molecule has 0 aromatic carbocycles. The molecular formula is C16H30N2O3. The van der Waals surface area contributed by atoms with Gasteiger partial charge in [0.1, 0.15) is 0 Å². The predicted molar refractivity (Wildman–Crippen MR) is 83.3 cm³/mol. The van der Waals surface area contributed by atoms with E-state index in [1.807, 2.05) is 11.9 Å². The highest BCUT2D eigenvalue weighted by molar-refractivity contribution is 5.74. The van der Waals surface area contributed by atoms with Crippen LogP contribution >= 0.6 is 0 Å². The van der Waals surface area contributed by atoms with E-state index in [-0.39, 0.29) is 12.5 Å². The molecule has 0 saturated heterocycles. The molecule has 1 fully saturated rings. The van der Waals surface area contributed by atoms with Gasteiger partial charge in [0.15, 0.2) is 0 Å². The molecule has 0 heterocycles. The van der Waals surface area contributed by atoms with E-state index in [4.69, 9.17) is 5.11 Å². The van der Waals surface area contributed by atoms with Gasteiger partial charge >= 0.3 is 12.0 Å². The first-order valence-electron chi connectivity index (χ1n) is 8.27. The van der Waals surface area contributed by atoms with Crippen molar-refractivity contribution >= 4 is 12.0 Å². The summed E-state index contributed by atoms with van der Waals surface area (Å²) in [5.41, 5.74) is 0. The maximum atomic E-state index is 12.1. The molecule has 2 N–H and O–H groups in total. The topological polar surface area (TPSA) is 69.6 Å². The molecule has 0 spiro atoms. The second-order valence-electron chi connectivity index (χ2n) is 6.13. The van der Waals surface area contributed by atoms with Gasteiger partial charge in [-0.1, -0.05) is 19.8 Å². The lowest BCUT2D eigenvalue weighted by Crippen LogP contribution is -2.45. The molecule has 1 saturated carbocycles. The summed E-state index contributed by atoms with van der Waals surface area (Å²) >= 11 is 0. The number of carboxylic acid groups (broad SMARTS) is 1. The average Bonchev–Trinajstić information content (AvgIpc) is 2.49. The number of amides is 2. The zero-order valence-corrected chi connectivity index (χ0v) is 13.4. The van der Waals surface area contributed by atoms with Gasteiger partial charge in [0.2, 0.25) is 0 Å². The Morgan fingerprint density at radius 2 is 1.81 bits per heavy atom. The number of rotatable bonds is 8. The summed E-state index contributed by atoms with van der Waals surface area (Å²) in [6.07, 6.45) is 8.52. The van der Waals surface area contributed by atoms with Gasteiger partial charge in [-0.15, -0.1) is 0 Å². The highest BCUT2D eigenvalue weighted by Gasteiger charge is 2.25. The molecule has 1 aliphatic carbocycles. The van der Waals surface area contributed by atoms with E-state index in [0.29, 0.717) is 19.0 Å². The summed E-state index contributed by atoms with van der Waals surface area (Å²) in [4.78, 5) is 24.3. The lowest BCUT2D eigenvalue weighted by atomic mass is 9.84. The summed E-state index contributed by atoms with van der Waals surface area (Å²) in [5.74, 6) is 0.0911. The van der Waals surface area contributed by atoms with Crippen molar-refractivity contribution < 1.29 is 14.7 Å². The first kappa shape index (κ1) is 17.8. The number of carbonyl (C=O) groups excluding carboxylic acids is 1. The van der Waals surface area contributed by atoms with Gasteiger partial charge in [-0.3, -0.25) is 4.79 Å². The SMILES string of the molecule is CCC1CCC(N(C)C(=O)NCCCCCC(=O)O)CC1. The number of nitrogens with zero attached hydrogens (tertiary/aromatic N) is 1. The fourth-order valence-electron chi connectivity index (χ4n) is 3.00. The lowest BCUT2D eigenvalue weighted by Gasteiger charge is -2.34. The second-order valence-corrected chi connectivity index (χ2v) is 6.13. The van der Waals surface area contributed by atoms with Crippen LogP contribution in [0.3, 0.4) is 0 Å². The molecule has 1 rings (SSSR count). The predicted octanol–water partition coefficient (Wildman–Crippen LogP) is 3.24. The van der Waals surface area contributed by atoms with Crippen molar-refractivity contribution in [1.82, 2.24) is 10.2 Å². The Morgan fingerprint density at radius 3 is 2.38 bits per heavy atom. The molecule has 0 radical (unpaired) electrons. The minimum atomic E-state index is -0.749. The van der Waals surface area contributed by atoms with Crippen molar-refractivity contribution in [3.05, 3.63) is 0 Å². The Bertz CT molecular complexity index is 325. The van der Waals surface area contributed by atoms with Crippen LogP contribution < -0.4 is 5.32 Å². The number of unbranched alkanes of at least 4 members (excludes halogenated alkanes) is 2. The molecule has 5 nitrogen and oxygen atoms in total. The molecule has 2 amide bonds. The van der Waals surface area contributed by atoms with Gasteiger partial charge in [0.05, 0.1) is 0 Å². The Labute approximate surface area is 128 Å². The van der Waals surface area contributed by atoms with Crippen molar-refractivity contribution in [2.24, 2.45) is 5.92 Å². The van der Waals surface area contributed by atoms with Gasteiger partial charge < -0.3 is 15.3 Å². The lowest BCUT2D eigenvalue weighted by molar-refractivity contribution is -0.137. The van der Waals surface area contributed by atoms with E-state index in [1.165, 1.54) is 19.3 Å². The molecule has 1 aliphatic rings. The number of carbonyl (C=O) groups is 2. The molecule has 0 aliphatic heterocycles. The Kier molecular flexibility index (Phi) is 8.16. The molecule has 0 unspecified atom stereocenters. The first-order chi connectivity index (χ1) is 10.0. The molecule has 122 valence electrons. The molecule has 0 bridgehead atoms. The van der Waals surface area contributed by atoms with Crippen LogP contribution in [0.25, 0.3) is 0 Å². The normalized spacial score (nSPS) is 21.8. The van der Waals surface area contributed by atoms with Crippen LogP contribution in [0, 0.1) is 5.92 Å². The zero-order valence-electron chi connectivity index (χ0n) is 13.4. The molecule has 0 aromatic rings. The van der Waals surface area contributed by atoms with E-state index in [9.17, 15) is 9.59 Å². The maximum absolute atomic E-state index is 12.1. The Hall–Kier alpha value is -1.26. The number of hydrogen-bond acceptors (Lipinski definition) is 2. The Balaban J connectivity index is 2.12. The molecule has 5 heteroatoms. The number of aliphatic carboxylic acids is 1. The quantitative estimate of drug-likeness (QED) is 0.676. The van der Waals surface area contributed by atoms with E-state index in [2.05, 4.69) is 12.2 Å². The van der Waals surface area contributed by atoms with Crippen LogP contribution in [-0.4, -0.2) is 41.6 Å². The zero-order chi connectivity index (χ0) is 15.7. The molecular weight excluding hydrogens is 268 g/mol. The van der Waals surface area contributed by atoms with Crippen molar-refractivity contribution in [2.45, 2.75) is 70.8 Å².